The van der Waals surface area contributed by atoms with Crippen molar-refractivity contribution in [1.29, 1.82) is 0 Å². The van der Waals surface area contributed by atoms with Crippen LogP contribution in [0.4, 0.5) is 20.3 Å². The number of hydrogen-bond donors (Lipinski definition) is 3. The molecule has 0 unspecified atom stereocenters. The number of alkyl halides is 2. The first-order chi connectivity index (χ1) is 16.0. The molecular formula is C22H27F2N7O2. The topological polar surface area (TPSA) is 109 Å². The second kappa shape index (κ2) is 9.05. The Balaban J connectivity index is 1.41. The molecule has 2 aliphatic carbocycles. The minimum atomic E-state index is -2.83. The third-order valence-electron chi connectivity index (χ3n) is 6.54. The highest BCUT2D eigenvalue weighted by Gasteiger charge is 2.29. The quantitative estimate of drug-likeness (QED) is 0.474. The lowest BCUT2D eigenvalue weighted by Crippen LogP contribution is -2.20. The Bertz CT molecular complexity index is 1130. The smallest absolute Gasteiger partial charge is 0.284 e. The summed E-state index contributed by atoms with van der Waals surface area (Å²) >= 11 is 0. The molecule has 3 aromatic heterocycles. The van der Waals surface area contributed by atoms with Crippen LogP contribution in [0.2, 0.25) is 0 Å². The molecule has 2 saturated carbocycles. The molecule has 1 amide bonds. The van der Waals surface area contributed by atoms with Crippen molar-refractivity contribution in [3.63, 3.8) is 0 Å². The maximum Gasteiger partial charge on any atom is 0.284 e. The van der Waals surface area contributed by atoms with Gasteiger partial charge in [-0.1, -0.05) is 0 Å². The van der Waals surface area contributed by atoms with Gasteiger partial charge >= 0.3 is 0 Å². The van der Waals surface area contributed by atoms with Gasteiger partial charge in [0.05, 0.1) is 11.7 Å². The van der Waals surface area contributed by atoms with Gasteiger partial charge in [0.15, 0.2) is 17.2 Å². The Morgan fingerprint density at radius 1 is 1.15 bits per heavy atom. The van der Waals surface area contributed by atoms with Gasteiger partial charge in [0.1, 0.15) is 5.56 Å². The fourth-order valence-corrected chi connectivity index (χ4v) is 4.41. The second-order valence-corrected chi connectivity index (χ2v) is 8.96. The predicted octanol–water partition coefficient (Wildman–Crippen LogP) is 3.66. The van der Waals surface area contributed by atoms with Gasteiger partial charge < -0.3 is 15.7 Å². The Morgan fingerprint density at radius 2 is 1.91 bits per heavy atom. The number of amides is 1. The van der Waals surface area contributed by atoms with Crippen molar-refractivity contribution in [3.05, 3.63) is 35.9 Å². The number of aromatic nitrogens is 5. The van der Waals surface area contributed by atoms with E-state index in [4.69, 9.17) is 0 Å². The molecule has 0 saturated heterocycles. The molecule has 0 atom stereocenters. The molecule has 0 aromatic carbocycles. The van der Waals surface area contributed by atoms with E-state index in [1.165, 1.54) is 15.4 Å². The third kappa shape index (κ3) is 4.54. The summed E-state index contributed by atoms with van der Waals surface area (Å²) in [4.78, 5) is 17.5. The number of nitrogens with zero attached hydrogens (tertiary/aromatic N) is 5. The molecule has 5 rings (SSSR count). The summed E-state index contributed by atoms with van der Waals surface area (Å²) in [5.74, 6) is 0.623. The van der Waals surface area contributed by atoms with E-state index in [-0.39, 0.29) is 29.8 Å². The lowest BCUT2D eigenvalue weighted by atomic mass is 9.87. The van der Waals surface area contributed by atoms with Crippen molar-refractivity contribution >= 4 is 23.1 Å². The van der Waals surface area contributed by atoms with Crippen LogP contribution >= 0.6 is 0 Å². The second-order valence-electron chi connectivity index (χ2n) is 8.96. The molecular weight excluding hydrogens is 432 g/mol. The van der Waals surface area contributed by atoms with Gasteiger partial charge in [0.2, 0.25) is 0 Å². The van der Waals surface area contributed by atoms with E-state index in [2.05, 4.69) is 25.8 Å². The molecule has 0 radical (unpaired) electrons. The molecule has 3 heterocycles. The molecule has 0 bridgehead atoms. The lowest BCUT2D eigenvalue weighted by Gasteiger charge is -2.27. The largest absolute Gasteiger partial charge is 0.396 e. The van der Waals surface area contributed by atoms with Gasteiger partial charge in [-0.05, 0) is 56.4 Å². The average molecular weight is 460 g/mol. The van der Waals surface area contributed by atoms with Gasteiger partial charge in [-0.2, -0.15) is 5.10 Å². The number of carbonyl (C=O) groups excluding carboxylic acids is 1. The zero-order chi connectivity index (χ0) is 22.9. The minimum absolute atomic E-state index is 0.0114. The van der Waals surface area contributed by atoms with Crippen LogP contribution in [0.1, 0.15) is 67.0 Å². The molecule has 0 spiro atoms. The maximum atomic E-state index is 13.8. The first-order valence-corrected chi connectivity index (χ1v) is 11.4. The molecule has 2 aliphatic rings. The van der Waals surface area contributed by atoms with E-state index in [1.54, 1.807) is 18.5 Å². The number of nitrogens with one attached hydrogen (secondary N) is 2. The molecule has 3 N–H and O–H groups in total. The van der Waals surface area contributed by atoms with Crippen LogP contribution in [-0.4, -0.2) is 48.5 Å². The van der Waals surface area contributed by atoms with Crippen LogP contribution in [0.3, 0.4) is 0 Å². The molecule has 2 fully saturated rings. The predicted molar refractivity (Wildman–Crippen MR) is 117 cm³/mol. The molecule has 0 aliphatic heterocycles. The van der Waals surface area contributed by atoms with E-state index in [0.29, 0.717) is 23.9 Å². The number of halogens is 2. The summed E-state index contributed by atoms with van der Waals surface area (Å²) < 4.78 is 30.6. The van der Waals surface area contributed by atoms with Gasteiger partial charge in [-0.25, -0.2) is 18.3 Å². The molecule has 3 aromatic rings. The average Bonchev–Trinajstić information content (AvgIpc) is 3.44. The summed E-state index contributed by atoms with van der Waals surface area (Å²) in [6.45, 7) is 0.834. The summed E-state index contributed by atoms with van der Waals surface area (Å²) in [6.07, 6.45) is 7.30. The number of rotatable bonds is 8. The van der Waals surface area contributed by atoms with Crippen molar-refractivity contribution in [2.24, 2.45) is 11.8 Å². The van der Waals surface area contributed by atoms with Crippen molar-refractivity contribution in [2.45, 2.75) is 51.0 Å². The number of fused-ring (bicyclic) bond motifs is 1. The monoisotopic (exact) mass is 459 g/mol. The normalized spacial score (nSPS) is 21.0. The van der Waals surface area contributed by atoms with E-state index in [1.807, 2.05) is 0 Å². The Morgan fingerprint density at radius 3 is 2.61 bits per heavy atom. The Labute approximate surface area is 189 Å². The van der Waals surface area contributed by atoms with E-state index in [9.17, 15) is 18.7 Å². The zero-order valence-electron chi connectivity index (χ0n) is 18.1. The zero-order valence-corrected chi connectivity index (χ0v) is 18.1. The van der Waals surface area contributed by atoms with Crippen LogP contribution in [0.5, 0.6) is 0 Å². The molecule has 33 heavy (non-hydrogen) atoms. The first kappa shape index (κ1) is 21.7. The minimum Gasteiger partial charge on any atom is -0.396 e. The first-order valence-electron chi connectivity index (χ1n) is 11.4. The molecule has 9 nitrogen and oxygen atoms in total. The van der Waals surface area contributed by atoms with E-state index in [0.717, 1.165) is 38.5 Å². The van der Waals surface area contributed by atoms with Crippen LogP contribution in [0.25, 0.3) is 5.65 Å². The summed E-state index contributed by atoms with van der Waals surface area (Å²) in [5.41, 5.74) is 0.0986. The van der Waals surface area contributed by atoms with Gasteiger partial charge in [0.25, 0.3) is 12.3 Å². The van der Waals surface area contributed by atoms with Gasteiger partial charge in [0, 0.05) is 31.7 Å². The maximum absolute atomic E-state index is 13.8. The van der Waals surface area contributed by atoms with Crippen LogP contribution in [0, 0.1) is 11.8 Å². The molecule has 176 valence electrons. The highest BCUT2D eigenvalue weighted by molar-refractivity contribution is 6.12. The Kier molecular flexibility index (Phi) is 5.96. The van der Waals surface area contributed by atoms with E-state index >= 15 is 0 Å². The molecule has 11 heteroatoms. The fourth-order valence-electron chi connectivity index (χ4n) is 4.41. The van der Waals surface area contributed by atoms with Crippen molar-refractivity contribution < 1.29 is 18.7 Å². The van der Waals surface area contributed by atoms with Crippen molar-refractivity contribution in [1.82, 2.24) is 24.4 Å². The standard InChI is InChI=1S/C22H27F2N7O2/c23-19(24)18-16(11-31(28-18)15-6-4-14(12-32)5-7-15)27-22(33)17-20(26-10-13-2-3-13)29-30-9-1-8-25-21(17)30/h1,8-9,11,13-15,19,32H,2-7,10,12H2,(H,26,29)(H,27,33). The number of carbonyl (C=O) groups is 1. The number of anilines is 2. The van der Waals surface area contributed by atoms with Crippen LogP contribution < -0.4 is 10.6 Å². The van der Waals surface area contributed by atoms with Gasteiger partial charge in [-0.3, -0.25) is 9.48 Å². The summed E-state index contributed by atoms with van der Waals surface area (Å²) in [6, 6.07) is 1.67. The summed E-state index contributed by atoms with van der Waals surface area (Å²) in [5, 5.41) is 23.7. The van der Waals surface area contributed by atoms with Crippen LogP contribution in [-0.2, 0) is 0 Å². The van der Waals surface area contributed by atoms with Crippen molar-refractivity contribution in [3.8, 4) is 0 Å². The number of hydrogen-bond acceptors (Lipinski definition) is 6. The Hall–Kier alpha value is -3.08. The van der Waals surface area contributed by atoms with Crippen LogP contribution in [0.15, 0.2) is 24.7 Å². The third-order valence-corrected chi connectivity index (χ3v) is 6.54. The van der Waals surface area contributed by atoms with E-state index < -0.39 is 18.0 Å². The highest BCUT2D eigenvalue weighted by atomic mass is 19.3. The highest BCUT2D eigenvalue weighted by Crippen LogP contribution is 2.35. The number of aliphatic hydroxyl groups excluding tert-OH is 1. The van der Waals surface area contributed by atoms with Gasteiger partial charge in [-0.15, -0.1) is 5.10 Å². The number of aliphatic hydroxyl groups is 1. The fraction of sp³-hybridized carbons (Fsp3) is 0.545. The summed E-state index contributed by atoms with van der Waals surface area (Å²) in [7, 11) is 0. The lowest BCUT2D eigenvalue weighted by molar-refractivity contribution is 0.102. The SMILES string of the molecule is O=C(Nc1cn(C2CCC(CO)CC2)nc1C(F)F)c1c(NCC2CC2)nn2cccnc12. The van der Waals surface area contributed by atoms with Crippen molar-refractivity contribution in [2.75, 3.05) is 23.8 Å².